The fourth-order valence-electron chi connectivity index (χ4n) is 2.92. The van der Waals surface area contributed by atoms with Crippen molar-refractivity contribution in [2.24, 2.45) is 10.4 Å². The van der Waals surface area contributed by atoms with E-state index in [1.165, 1.54) is 6.42 Å². The molecule has 5 nitrogen and oxygen atoms in total. The van der Waals surface area contributed by atoms with Gasteiger partial charge in [-0.3, -0.25) is 0 Å². The SMILES string of the molecule is CCNC(=NCc1ccc2c(c1)OCO2)N1CCC(C)(C)C1.I. The second kappa shape index (κ2) is 7.59. The number of ether oxygens (including phenoxy) is 2. The highest BCUT2D eigenvalue weighted by Crippen LogP contribution is 2.33. The van der Waals surface area contributed by atoms with Crippen molar-refractivity contribution in [3.05, 3.63) is 23.8 Å². The van der Waals surface area contributed by atoms with Gasteiger partial charge in [-0.15, -0.1) is 24.0 Å². The van der Waals surface area contributed by atoms with Crippen molar-refractivity contribution in [2.75, 3.05) is 26.4 Å². The highest BCUT2D eigenvalue weighted by atomic mass is 127. The number of likely N-dealkylation sites (tertiary alicyclic amines) is 1. The Bertz CT molecular complexity index is 575. The second-order valence-corrected chi connectivity index (χ2v) is 6.69. The zero-order valence-corrected chi connectivity index (χ0v) is 16.4. The third kappa shape index (κ3) is 4.43. The quantitative estimate of drug-likeness (QED) is 0.454. The average molecular weight is 431 g/mol. The first-order chi connectivity index (χ1) is 10.6. The van der Waals surface area contributed by atoms with Crippen LogP contribution in [0.3, 0.4) is 0 Å². The lowest BCUT2D eigenvalue weighted by Crippen LogP contribution is -2.40. The summed E-state index contributed by atoms with van der Waals surface area (Å²) < 4.78 is 10.8. The number of rotatable bonds is 3. The lowest BCUT2D eigenvalue weighted by Gasteiger charge is -2.23. The molecule has 1 aromatic carbocycles. The van der Waals surface area contributed by atoms with Crippen LogP contribution >= 0.6 is 24.0 Å². The molecular formula is C17H26IN3O2. The molecule has 0 aliphatic carbocycles. The molecule has 1 N–H and O–H groups in total. The standard InChI is InChI=1S/C17H25N3O2.HI/c1-4-18-16(20-8-7-17(2,3)11-20)19-10-13-5-6-14-15(9-13)22-12-21-14;/h5-6,9H,4,7-8,10-12H2,1-3H3,(H,18,19);1H. The molecule has 128 valence electrons. The van der Waals surface area contributed by atoms with Crippen molar-refractivity contribution in [2.45, 2.75) is 33.7 Å². The van der Waals surface area contributed by atoms with Gasteiger partial charge in [-0.2, -0.15) is 0 Å². The van der Waals surface area contributed by atoms with E-state index in [9.17, 15) is 0 Å². The van der Waals surface area contributed by atoms with Crippen molar-refractivity contribution >= 4 is 29.9 Å². The Hall–Kier alpha value is -1.18. The normalized spacial score (nSPS) is 18.7. The molecule has 0 radical (unpaired) electrons. The van der Waals surface area contributed by atoms with E-state index in [2.05, 4.69) is 37.1 Å². The number of halogens is 1. The van der Waals surface area contributed by atoms with E-state index in [-0.39, 0.29) is 24.0 Å². The molecule has 6 heteroatoms. The number of fused-ring (bicyclic) bond motifs is 1. The topological polar surface area (TPSA) is 46.1 Å². The van der Waals surface area contributed by atoms with Crippen LogP contribution < -0.4 is 14.8 Å². The summed E-state index contributed by atoms with van der Waals surface area (Å²) in [6.45, 7) is 10.7. The first-order valence-electron chi connectivity index (χ1n) is 7.99. The Morgan fingerprint density at radius 3 is 2.78 bits per heavy atom. The van der Waals surface area contributed by atoms with E-state index in [1.807, 2.05) is 12.1 Å². The molecule has 0 atom stereocenters. The molecule has 1 fully saturated rings. The molecule has 0 amide bonds. The predicted molar refractivity (Wildman–Crippen MR) is 103 cm³/mol. The van der Waals surface area contributed by atoms with E-state index < -0.39 is 0 Å². The zero-order valence-electron chi connectivity index (χ0n) is 14.1. The van der Waals surface area contributed by atoms with Crippen LogP contribution in [0.5, 0.6) is 11.5 Å². The number of hydrogen-bond acceptors (Lipinski definition) is 3. The van der Waals surface area contributed by atoms with Crippen LogP contribution in [-0.2, 0) is 6.54 Å². The third-order valence-electron chi connectivity index (χ3n) is 4.16. The fraction of sp³-hybridized carbons (Fsp3) is 0.588. The molecule has 23 heavy (non-hydrogen) atoms. The van der Waals surface area contributed by atoms with Gasteiger partial charge in [0.1, 0.15) is 0 Å². The number of hydrogen-bond donors (Lipinski definition) is 1. The summed E-state index contributed by atoms with van der Waals surface area (Å²) in [4.78, 5) is 7.15. The number of benzene rings is 1. The molecule has 0 aromatic heterocycles. The zero-order chi connectivity index (χ0) is 15.6. The maximum atomic E-state index is 5.42. The summed E-state index contributed by atoms with van der Waals surface area (Å²) in [5.74, 6) is 2.65. The molecule has 3 rings (SSSR count). The molecule has 0 spiro atoms. The first kappa shape index (κ1) is 18.2. The van der Waals surface area contributed by atoms with Gasteiger partial charge in [0.15, 0.2) is 17.5 Å². The van der Waals surface area contributed by atoms with E-state index in [1.54, 1.807) is 0 Å². The number of aliphatic imine (C=N–C) groups is 1. The first-order valence-corrected chi connectivity index (χ1v) is 7.99. The van der Waals surface area contributed by atoms with Gasteiger partial charge in [0, 0.05) is 19.6 Å². The molecule has 0 unspecified atom stereocenters. The van der Waals surface area contributed by atoms with Crippen molar-refractivity contribution in [1.82, 2.24) is 10.2 Å². The van der Waals surface area contributed by atoms with Gasteiger partial charge < -0.3 is 19.7 Å². The van der Waals surface area contributed by atoms with Crippen molar-refractivity contribution in [1.29, 1.82) is 0 Å². The second-order valence-electron chi connectivity index (χ2n) is 6.69. The molecule has 2 aliphatic heterocycles. The van der Waals surface area contributed by atoms with E-state index in [4.69, 9.17) is 14.5 Å². The molecule has 2 heterocycles. The fourth-order valence-corrected chi connectivity index (χ4v) is 2.92. The van der Waals surface area contributed by atoms with Crippen LogP contribution in [0.25, 0.3) is 0 Å². The van der Waals surface area contributed by atoms with Crippen LogP contribution in [-0.4, -0.2) is 37.3 Å². The summed E-state index contributed by atoms with van der Waals surface area (Å²) >= 11 is 0. The maximum absolute atomic E-state index is 5.42. The largest absolute Gasteiger partial charge is 0.454 e. The van der Waals surface area contributed by atoms with E-state index in [0.29, 0.717) is 18.8 Å². The summed E-state index contributed by atoms with van der Waals surface area (Å²) in [6, 6.07) is 6.02. The van der Waals surface area contributed by atoms with Gasteiger partial charge in [-0.05, 0) is 36.5 Å². The number of guanidine groups is 1. The van der Waals surface area contributed by atoms with Crippen LogP contribution in [0.15, 0.2) is 23.2 Å². The van der Waals surface area contributed by atoms with Gasteiger partial charge in [-0.25, -0.2) is 4.99 Å². The minimum Gasteiger partial charge on any atom is -0.454 e. The van der Waals surface area contributed by atoms with Crippen molar-refractivity contribution < 1.29 is 9.47 Å². The van der Waals surface area contributed by atoms with Gasteiger partial charge in [0.05, 0.1) is 6.54 Å². The molecule has 2 aliphatic rings. The predicted octanol–water partition coefficient (Wildman–Crippen LogP) is 3.23. The minimum absolute atomic E-state index is 0. The van der Waals surface area contributed by atoms with E-state index >= 15 is 0 Å². The van der Waals surface area contributed by atoms with Crippen LogP contribution in [0, 0.1) is 5.41 Å². The molecule has 1 saturated heterocycles. The lowest BCUT2D eigenvalue weighted by atomic mass is 9.93. The van der Waals surface area contributed by atoms with Crippen LogP contribution in [0.1, 0.15) is 32.8 Å². The maximum Gasteiger partial charge on any atom is 0.231 e. The molecule has 0 bridgehead atoms. The van der Waals surface area contributed by atoms with Gasteiger partial charge in [-0.1, -0.05) is 19.9 Å². The summed E-state index contributed by atoms with van der Waals surface area (Å²) in [7, 11) is 0. The Kier molecular flexibility index (Phi) is 6.00. The smallest absolute Gasteiger partial charge is 0.231 e. The Morgan fingerprint density at radius 1 is 1.30 bits per heavy atom. The highest BCUT2D eigenvalue weighted by molar-refractivity contribution is 14.0. The molecule has 1 aromatic rings. The van der Waals surface area contributed by atoms with Crippen LogP contribution in [0.2, 0.25) is 0 Å². The van der Waals surface area contributed by atoms with Crippen LogP contribution in [0.4, 0.5) is 0 Å². The summed E-state index contributed by atoms with van der Waals surface area (Å²) in [5, 5.41) is 3.40. The molecule has 0 saturated carbocycles. The van der Waals surface area contributed by atoms with E-state index in [0.717, 1.165) is 42.7 Å². The minimum atomic E-state index is 0. The highest BCUT2D eigenvalue weighted by Gasteiger charge is 2.30. The Morgan fingerprint density at radius 2 is 2.09 bits per heavy atom. The van der Waals surface area contributed by atoms with Crippen molar-refractivity contribution in [3.8, 4) is 11.5 Å². The monoisotopic (exact) mass is 431 g/mol. The van der Waals surface area contributed by atoms with Gasteiger partial charge in [0.25, 0.3) is 0 Å². The lowest BCUT2D eigenvalue weighted by molar-refractivity contribution is 0.174. The Labute approximate surface area is 155 Å². The number of nitrogens with one attached hydrogen (secondary N) is 1. The summed E-state index contributed by atoms with van der Waals surface area (Å²) in [6.07, 6.45) is 1.21. The van der Waals surface area contributed by atoms with Crippen molar-refractivity contribution in [3.63, 3.8) is 0 Å². The molecular weight excluding hydrogens is 405 g/mol. The summed E-state index contributed by atoms with van der Waals surface area (Å²) in [5.41, 5.74) is 1.51. The Balaban J connectivity index is 0.00000192. The van der Waals surface area contributed by atoms with Gasteiger partial charge in [0.2, 0.25) is 6.79 Å². The third-order valence-corrected chi connectivity index (χ3v) is 4.16. The number of nitrogens with zero attached hydrogens (tertiary/aromatic N) is 2. The van der Waals surface area contributed by atoms with Gasteiger partial charge >= 0.3 is 0 Å². The average Bonchev–Trinajstić information content (AvgIpc) is 3.08.